The Morgan fingerprint density at radius 3 is 2.78 bits per heavy atom. The SMILES string of the molecule is Cc1nc(/C=C/C(=O)NCC(=O)NC(C)C)cs1. The van der Waals surface area contributed by atoms with Crippen molar-refractivity contribution in [2.24, 2.45) is 0 Å². The zero-order valence-corrected chi connectivity index (χ0v) is 11.5. The van der Waals surface area contributed by atoms with E-state index in [0.717, 1.165) is 10.7 Å². The Hall–Kier alpha value is -1.69. The first-order valence-corrected chi connectivity index (χ1v) is 6.52. The van der Waals surface area contributed by atoms with E-state index in [2.05, 4.69) is 15.6 Å². The number of nitrogens with zero attached hydrogens (tertiary/aromatic N) is 1. The van der Waals surface area contributed by atoms with Gasteiger partial charge in [-0.05, 0) is 26.8 Å². The van der Waals surface area contributed by atoms with Gasteiger partial charge < -0.3 is 10.6 Å². The van der Waals surface area contributed by atoms with Gasteiger partial charge in [-0.2, -0.15) is 0 Å². The van der Waals surface area contributed by atoms with Gasteiger partial charge in [0.1, 0.15) is 0 Å². The topological polar surface area (TPSA) is 71.1 Å². The van der Waals surface area contributed by atoms with Gasteiger partial charge >= 0.3 is 0 Å². The molecule has 5 nitrogen and oxygen atoms in total. The number of aromatic nitrogens is 1. The summed E-state index contributed by atoms with van der Waals surface area (Å²) in [4.78, 5) is 26.9. The molecule has 1 heterocycles. The van der Waals surface area contributed by atoms with Crippen LogP contribution in [0.4, 0.5) is 0 Å². The summed E-state index contributed by atoms with van der Waals surface area (Å²) in [5.41, 5.74) is 0.749. The third-order valence-corrected chi connectivity index (χ3v) is 2.71. The summed E-state index contributed by atoms with van der Waals surface area (Å²) >= 11 is 1.52. The molecular formula is C12H17N3O2S. The third-order valence-electron chi connectivity index (χ3n) is 1.92. The minimum Gasteiger partial charge on any atom is -0.352 e. The van der Waals surface area contributed by atoms with Crippen molar-refractivity contribution >= 4 is 29.2 Å². The van der Waals surface area contributed by atoms with Crippen molar-refractivity contribution < 1.29 is 9.59 Å². The maximum absolute atomic E-state index is 11.4. The van der Waals surface area contributed by atoms with Crippen LogP contribution in [-0.4, -0.2) is 29.4 Å². The van der Waals surface area contributed by atoms with E-state index in [-0.39, 0.29) is 24.4 Å². The molecule has 0 radical (unpaired) electrons. The van der Waals surface area contributed by atoms with Gasteiger partial charge in [0.25, 0.3) is 0 Å². The van der Waals surface area contributed by atoms with Gasteiger partial charge in [0.05, 0.1) is 17.2 Å². The number of thiazole rings is 1. The van der Waals surface area contributed by atoms with Crippen LogP contribution in [0, 0.1) is 6.92 Å². The molecule has 6 heteroatoms. The summed E-state index contributed by atoms with van der Waals surface area (Å²) in [6, 6.07) is 0.0722. The lowest BCUT2D eigenvalue weighted by atomic mass is 10.3. The van der Waals surface area contributed by atoms with Gasteiger partial charge in [-0.25, -0.2) is 4.98 Å². The van der Waals surface area contributed by atoms with Crippen LogP contribution in [0.3, 0.4) is 0 Å². The van der Waals surface area contributed by atoms with E-state index >= 15 is 0 Å². The highest BCUT2D eigenvalue weighted by Gasteiger charge is 2.04. The normalized spacial score (nSPS) is 10.9. The Balaban J connectivity index is 2.33. The van der Waals surface area contributed by atoms with E-state index in [0.29, 0.717) is 0 Å². The summed E-state index contributed by atoms with van der Waals surface area (Å²) in [6.45, 7) is 5.62. The number of rotatable bonds is 5. The first-order chi connectivity index (χ1) is 8.47. The van der Waals surface area contributed by atoms with Gasteiger partial charge in [0.2, 0.25) is 11.8 Å². The van der Waals surface area contributed by atoms with Crippen LogP contribution in [0.1, 0.15) is 24.5 Å². The molecule has 0 unspecified atom stereocenters. The van der Waals surface area contributed by atoms with Gasteiger partial charge in [0, 0.05) is 17.5 Å². The first-order valence-electron chi connectivity index (χ1n) is 5.65. The van der Waals surface area contributed by atoms with E-state index < -0.39 is 0 Å². The molecule has 18 heavy (non-hydrogen) atoms. The largest absolute Gasteiger partial charge is 0.352 e. The van der Waals surface area contributed by atoms with Crippen LogP contribution in [0.15, 0.2) is 11.5 Å². The molecule has 1 aromatic heterocycles. The summed E-state index contributed by atoms with van der Waals surface area (Å²) in [6.07, 6.45) is 3.00. The molecule has 1 aromatic rings. The molecule has 98 valence electrons. The van der Waals surface area contributed by atoms with Gasteiger partial charge in [-0.3, -0.25) is 9.59 Å². The number of hydrogen-bond donors (Lipinski definition) is 2. The summed E-state index contributed by atoms with van der Waals surface area (Å²) in [5.74, 6) is -0.504. The van der Waals surface area contributed by atoms with Gasteiger partial charge in [-0.15, -0.1) is 11.3 Å². The molecule has 0 aliphatic heterocycles. The Morgan fingerprint density at radius 2 is 2.22 bits per heavy atom. The zero-order chi connectivity index (χ0) is 13.5. The number of nitrogens with one attached hydrogen (secondary N) is 2. The molecule has 2 N–H and O–H groups in total. The molecule has 2 amide bonds. The monoisotopic (exact) mass is 267 g/mol. The standard InChI is InChI=1S/C12H17N3O2S/c1-8(2)14-12(17)6-13-11(16)5-4-10-7-18-9(3)15-10/h4-5,7-8H,6H2,1-3H3,(H,13,16)(H,14,17)/b5-4+. The Bertz CT molecular complexity index is 452. The molecule has 0 aromatic carbocycles. The minimum absolute atomic E-state index is 0.0164. The lowest BCUT2D eigenvalue weighted by molar-refractivity contribution is -0.124. The third kappa shape index (κ3) is 5.58. The molecule has 0 aliphatic rings. The number of amides is 2. The van der Waals surface area contributed by atoms with Crippen LogP contribution < -0.4 is 10.6 Å². The minimum atomic E-state index is -0.306. The highest BCUT2D eigenvalue weighted by Crippen LogP contribution is 2.08. The quantitative estimate of drug-likeness (QED) is 0.785. The Kier molecular flexibility index (Phi) is 5.51. The van der Waals surface area contributed by atoms with Gasteiger partial charge in [-0.1, -0.05) is 0 Å². The molecule has 0 saturated heterocycles. The fourth-order valence-electron chi connectivity index (χ4n) is 1.22. The van der Waals surface area contributed by atoms with Crippen LogP contribution in [0.25, 0.3) is 6.08 Å². The van der Waals surface area contributed by atoms with Crippen molar-refractivity contribution in [3.05, 3.63) is 22.2 Å². The smallest absolute Gasteiger partial charge is 0.244 e. The molecule has 0 aliphatic carbocycles. The molecule has 0 bridgehead atoms. The van der Waals surface area contributed by atoms with Crippen LogP contribution >= 0.6 is 11.3 Å². The Labute approximate surface area is 110 Å². The van der Waals surface area contributed by atoms with E-state index in [1.165, 1.54) is 17.4 Å². The average Bonchev–Trinajstić information content (AvgIpc) is 2.69. The van der Waals surface area contributed by atoms with Crippen LogP contribution in [0.2, 0.25) is 0 Å². The maximum Gasteiger partial charge on any atom is 0.244 e. The predicted octanol–water partition coefficient (Wildman–Crippen LogP) is 1.11. The number of carbonyl (C=O) groups is 2. The lowest BCUT2D eigenvalue weighted by Gasteiger charge is -2.07. The van der Waals surface area contributed by atoms with E-state index in [4.69, 9.17) is 0 Å². The summed E-state index contributed by atoms with van der Waals surface area (Å²) in [5, 5.41) is 8.01. The summed E-state index contributed by atoms with van der Waals surface area (Å²) in [7, 11) is 0. The second kappa shape index (κ2) is 6.90. The number of carbonyl (C=O) groups excluding carboxylic acids is 2. The van der Waals surface area contributed by atoms with Crippen LogP contribution in [-0.2, 0) is 9.59 Å². The molecule has 1 rings (SSSR count). The highest BCUT2D eigenvalue weighted by atomic mass is 32.1. The second-order valence-electron chi connectivity index (χ2n) is 4.06. The predicted molar refractivity (Wildman–Crippen MR) is 72.2 cm³/mol. The fraction of sp³-hybridized carbons (Fsp3) is 0.417. The molecule has 0 spiro atoms. The first kappa shape index (κ1) is 14.4. The van der Waals surface area contributed by atoms with Crippen molar-refractivity contribution in [1.29, 1.82) is 0 Å². The Morgan fingerprint density at radius 1 is 1.50 bits per heavy atom. The molecule has 0 fully saturated rings. The van der Waals surface area contributed by atoms with Crippen molar-refractivity contribution in [3.8, 4) is 0 Å². The molecule has 0 atom stereocenters. The fourth-order valence-corrected chi connectivity index (χ4v) is 1.80. The van der Waals surface area contributed by atoms with E-state index in [1.807, 2.05) is 26.2 Å². The average molecular weight is 267 g/mol. The number of hydrogen-bond acceptors (Lipinski definition) is 4. The van der Waals surface area contributed by atoms with Crippen molar-refractivity contribution in [3.63, 3.8) is 0 Å². The summed E-state index contributed by atoms with van der Waals surface area (Å²) < 4.78 is 0. The van der Waals surface area contributed by atoms with Crippen molar-refractivity contribution in [1.82, 2.24) is 15.6 Å². The van der Waals surface area contributed by atoms with E-state index in [9.17, 15) is 9.59 Å². The maximum atomic E-state index is 11.4. The van der Waals surface area contributed by atoms with Gasteiger partial charge in [0.15, 0.2) is 0 Å². The lowest BCUT2D eigenvalue weighted by Crippen LogP contribution is -2.39. The number of aryl methyl sites for hydroxylation is 1. The van der Waals surface area contributed by atoms with Crippen molar-refractivity contribution in [2.75, 3.05) is 6.54 Å². The highest BCUT2D eigenvalue weighted by molar-refractivity contribution is 7.09. The van der Waals surface area contributed by atoms with E-state index in [1.54, 1.807) is 6.08 Å². The van der Waals surface area contributed by atoms with Crippen LogP contribution in [0.5, 0.6) is 0 Å². The second-order valence-corrected chi connectivity index (χ2v) is 5.13. The molecule has 0 saturated carbocycles. The molecular weight excluding hydrogens is 250 g/mol. The van der Waals surface area contributed by atoms with Crippen molar-refractivity contribution in [2.45, 2.75) is 26.8 Å². The zero-order valence-electron chi connectivity index (χ0n) is 10.7.